The van der Waals surface area contributed by atoms with Gasteiger partial charge in [-0.1, -0.05) is 26.0 Å². The fraction of sp³-hybridized carbons (Fsp3) is 0.467. The van der Waals surface area contributed by atoms with Gasteiger partial charge in [-0.2, -0.15) is 0 Å². The molecule has 0 heterocycles. The van der Waals surface area contributed by atoms with Crippen LogP contribution in [-0.4, -0.2) is 41.6 Å². The van der Waals surface area contributed by atoms with E-state index >= 15 is 0 Å². The summed E-state index contributed by atoms with van der Waals surface area (Å²) >= 11 is 0. The quantitative estimate of drug-likeness (QED) is 0.830. The third kappa shape index (κ3) is 4.91. The Morgan fingerprint density at radius 2 is 1.85 bits per heavy atom. The van der Waals surface area contributed by atoms with E-state index in [1.807, 2.05) is 24.3 Å². The third-order valence-electron chi connectivity index (χ3n) is 2.97. The first kappa shape index (κ1) is 16.0. The van der Waals surface area contributed by atoms with E-state index in [0.717, 1.165) is 0 Å². The summed E-state index contributed by atoms with van der Waals surface area (Å²) in [5.74, 6) is -0.310. The van der Waals surface area contributed by atoms with Gasteiger partial charge in [0.25, 0.3) is 5.91 Å². The molecule has 0 aliphatic rings. The van der Waals surface area contributed by atoms with E-state index in [1.54, 1.807) is 6.92 Å². The van der Waals surface area contributed by atoms with Gasteiger partial charge >= 0.3 is 5.97 Å². The number of ether oxygens (including phenoxy) is 1. The fourth-order valence-corrected chi connectivity index (χ4v) is 1.72. The van der Waals surface area contributed by atoms with E-state index in [-0.39, 0.29) is 19.1 Å². The summed E-state index contributed by atoms with van der Waals surface area (Å²) in [4.78, 5) is 23.7. The lowest BCUT2D eigenvalue weighted by atomic mass is 10.0. The molecule has 1 rings (SSSR count). The largest absolute Gasteiger partial charge is 0.484 e. The Balaban J connectivity index is 2.53. The molecule has 110 valence electrons. The molecule has 0 spiro atoms. The number of carbonyl (C=O) groups excluding carboxylic acids is 1. The van der Waals surface area contributed by atoms with E-state index in [1.165, 1.54) is 10.5 Å². The van der Waals surface area contributed by atoms with Crippen molar-refractivity contribution in [3.63, 3.8) is 0 Å². The summed E-state index contributed by atoms with van der Waals surface area (Å²) in [6.07, 6.45) is 0. The summed E-state index contributed by atoms with van der Waals surface area (Å²) in [6, 6.07) is 7.55. The standard InChI is InChI=1S/C15H21NO4/c1-4-16(9-15(18)19)14(17)10-20-13-7-5-12(6-8-13)11(2)3/h5-8,11H,4,9-10H2,1-3H3,(H,18,19). The number of nitrogens with zero attached hydrogens (tertiary/aromatic N) is 1. The Bertz CT molecular complexity index is 453. The lowest BCUT2D eigenvalue weighted by molar-refractivity contribution is -0.145. The summed E-state index contributed by atoms with van der Waals surface area (Å²) in [5.41, 5.74) is 1.20. The molecular formula is C15H21NO4. The normalized spacial score (nSPS) is 10.4. The van der Waals surface area contributed by atoms with E-state index < -0.39 is 5.97 Å². The highest BCUT2D eigenvalue weighted by Crippen LogP contribution is 2.18. The van der Waals surface area contributed by atoms with Crippen LogP contribution in [0.15, 0.2) is 24.3 Å². The number of benzene rings is 1. The minimum absolute atomic E-state index is 0.151. The number of carbonyl (C=O) groups is 2. The number of carboxylic acid groups (broad SMARTS) is 1. The molecule has 0 aliphatic carbocycles. The van der Waals surface area contributed by atoms with Crippen LogP contribution in [0.4, 0.5) is 0 Å². The van der Waals surface area contributed by atoms with Crippen molar-refractivity contribution >= 4 is 11.9 Å². The number of hydrogen-bond donors (Lipinski definition) is 1. The number of rotatable bonds is 7. The maximum absolute atomic E-state index is 11.8. The van der Waals surface area contributed by atoms with Gasteiger partial charge in [0.15, 0.2) is 6.61 Å². The molecule has 0 saturated carbocycles. The van der Waals surface area contributed by atoms with Crippen molar-refractivity contribution in [1.29, 1.82) is 0 Å². The first-order chi connectivity index (χ1) is 9.43. The van der Waals surface area contributed by atoms with Crippen LogP contribution in [0.2, 0.25) is 0 Å². The van der Waals surface area contributed by atoms with Crippen LogP contribution in [0, 0.1) is 0 Å². The molecule has 1 N–H and O–H groups in total. The molecule has 20 heavy (non-hydrogen) atoms. The minimum Gasteiger partial charge on any atom is -0.484 e. The Morgan fingerprint density at radius 3 is 2.30 bits per heavy atom. The highest BCUT2D eigenvalue weighted by atomic mass is 16.5. The third-order valence-corrected chi connectivity index (χ3v) is 2.97. The lowest BCUT2D eigenvalue weighted by Gasteiger charge is -2.18. The summed E-state index contributed by atoms with van der Waals surface area (Å²) in [6.45, 7) is 5.83. The zero-order valence-electron chi connectivity index (χ0n) is 12.1. The average molecular weight is 279 g/mol. The molecular weight excluding hydrogens is 258 g/mol. The maximum atomic E-state index is 11.8. The maximum Gasteiger partial charge on any atom is 0.323 e. The van der Waals surface area contributed by atoms with Crippen LogP contribution in [0.3, 0.4) is 0 Å². The lowest BCUT2D eigenvalue weighted by Crippen LogP contribution is -2.38. The van der Waals surface area contributed by atoms with Crippen LogP contribution < -0.4 is 4.74 Å². The average Bonchev–Trinajstić information content (AvgIpc) is 2.42. The molecule has 0 fully saturated rings. The van der Waals surface area contributed by atoms with E-state index in [9.17, 15) is 9.59 Å². The predicted octanol–water partition coefficient (Wildman–Crippen LogP) is 2.12. The highest BCUT2D eigenvalue weighted by molar-refractivity contribution is 5.82. The Labute approximate surface area is 119 Å². The topological polar surface area (TPSA) is 66.8 Å². The zero-order valence-corrected chi connectivity index (χ0v) is 12.1. The monoisotopic (exact) mass is 279 g/mol. The van der Waals surface area contributed by atoms with Gasteiger partial charge in [0.2, 0.25) is 0 Å². The van der Waals surface area contributed by atoms with Gasteiger partial charge in [-0.25, -0.2) is 0 Å². The number of hydrogen-bond acceptors (Lipinski definition) is 3. The molecule has 0 aliphatic heterocycles. The summed E-state index contributed by atoms with van der Waals surface area (Å²) in [7, 11) is 0. The van der Waals surface area contributed by atoms with Crippen molar-refractivity contribution in [2.24, 2.45) is 0 Å². The zero-order chi connectivity index (χ0) is 15.1. The second kappa shape index (κ2) is 7.53. The molecule has 1 aromatic carbocycles. The minimum atomic E-state index is -1.03. The van der Waals surface area contributed by atoms with Gasteiger partial charge in [0.05, 0.1) is 0 Å². The Hall–Kier alpha value is -2.04. The van der Waals surface area contributed by atoms with Gasteiger partial charge in [-0.3, -0.25) is 9.59 Å². The van der Waals surface area contributed by atoms with Crippen LogP contribution in [0.5, 0.6) is 5.75 Å². The number of likely N-dealkylation sites (N-methyl/N-ethyl adjacent to an activating group) is 1. The predicted molar refractivity (Wildman–Crippen MR) is 75.9 cm³/mol. The van der Waals surface area contributed by atoms with Crippen molar-refractivity contribution in [2.75, 3.05) is 19.7 Å². The van der Waals surface area contributed by atoms with Crippen molar-refractivity contribution in [2.45, 2.75) is 26.7 Å². The number of aliphatic carboxylic acids is 1. The smallest absolute Gasteiger partial charge is 0.323 e. The first-order valence-electron chi connectivity index (χ1n) is 6.66. The fourth-order valence-electron chi connectivity index (χ4n) is 1.72. The molecule has 0 atom stereocenters. The van der Waals surface area contributed by atoms with Gasteiger partial charge < -0.3 is 14.7 Å². The molecule has 0 unspecified atom stereocenters. The van der Waals surface area contributed by atoms with E-state index in [4.69, 9.17) is 9.84 Å². The van der Waals surface area contributed by atoms with Gasteiger partial charge in [0.1, 0.15) is 12.3 Å². The van der Waals surface area contributed by atoms with Gasteiger partial charge in [-0.15, -0.1) is 0 Å². The molecule has 0 saturated heterocycles. The Kier molecular flexibility index (Phi) is 6.03. The number of carboxylic acids is 1. The van der Waals surface area contributed by atoms with Crippen LogP contribution in [-0.2, 0) is 9.59 Å². The van der Waals surface area contributed by atoms with E-state index in [0.29, 0.717) is 18.2 Å². The van der Waals surface area contributed by atoms with E-state index in [2.05, 4.69) is 13.8 Å². The van der Waals surface area contributed by atoms with Crippen molar-refractivity contribution in [1.82, 2.24) is 4.90 Å². The van der Waals surface area contributed by atoms with Crippen molar-refractivity contribution < 1.29 is 19.4 Å². The molecule has 0 bridgehead atoms. The molecule has 5 nitrogen and oxygen atoms in total. The van der Waals surface area contributed by atoms with Crippen LogP contribution in [0.1, 0.15) is 32.3 Å². The SMILES string of the molecule is CCN(CC(=O)O)C(=O)COc1ccc(C(C)C)cc1. The molecule has 0 aromatic heterocycles. The van der Waals surface area contributed by atoms with Crippen LogP contribution >= 0.6 is 0 Å². The Morgan fingerprint density at radius 1 is 1.25 bits per heavy atom. The molecule has 0 radical (unpaired) electrons. The molecule has 1 amide bonds. The van der Waals surface area contributed by atoms with Gasteiger partial charge in [-0.05, 0) is 30.5 Å². The van der Waals surface area contributed by atoms with Crippen molar-refractivity contribution in [3.8, 4) is 5.75 Å². The summed E-state index contributed by atoms with van der Waals surface area (Å²) < 4.78 is 5.38. The second-order valence-corrected chi connectivity index (χ2v) is 4.81. The van der Waals surface area contributed by atoms with Crippen molar-refractivity contribution in [3.05, 3.63) is 29.8 Å². The van der Waals surface area contributed by atoms with Crippen LogP contribution in [0.25, 0.3) is 0 Å². The second-order valence-electron chi connectivity index (χ2n) is 4.81. The number of amides is 1. The molecule has 1 aromatic rings. The summed E-state index contributed by atoms with van der Waals surface area (Å²) in [5, 5.41) is 8.70. The van der Waals surface area contributed by atoms with Gasteiger partial charge in [0, 0.05) is 6.54 Å². The first-order valence-corrected chi connectivity index (χ1v) is 6.66. The highest BCUT2D eigenvalue weighted by Gasteiger charge is 2.15. The molecule has 5 heteroatoms.